The highest BCUT2D eigenvalue weighted by molar-refractivity contribution is 6.30. The van der Waals surface area contributed by atoms with Crippen molar-refractivity contribution in [2.24, 2.45) is 0 Å². The largest absolute Gasteiger partial charge is 0.0843 e. The van der Waals surface area contributed by atoms with Crippen molar-refractivity contribution in [3.63, 3.8) is 0 Å². The van der Waals surface area contributed by atoms with Gasteiger partial charge in [-0.1, -0.05) is 23.7 Å². The van der Waals surface area contributed by atoms with Gasteiger partial charge < -0.3 is 0 Å². The van der Waals surface area contributed by atoms with Crippen LogP contribution < -0.4 is 0 Å². The van der Waals surface area contributed by atoms with E-state index in [9.17, 15) is 0 Å². The summed E-state index contributed by atoms with van der Waals surface area (Å²) in [4.78, 5) is 0. The Hall–Kier alpha value is -0.490. The van der Waals surface area contributed by atoms with Crippen LogP contribution >= 0.6 is 11.6 Å². The molecule has 1 heteroatoms. The van der Waals surface area contributed by atoms with Gasteiger partial charge in [-0.15, -0.1) is 0 Å². The molecule has 0 fully saturated rings. The Bertz CT molecular complexity index is 164. The number of benzene rings is 1. The second-order valence-corrected chi connectivity index (χ2v) is 1.95. The minimum absolute atomic E-state index is 0.456. The van der Waals surface area contributed by atoms with Crippen LogP contribution in [0.25, 0.3) is 0 Å². The summed E-state index contributed by atoms with van der Waals surface area (Å²) in [5.74, 6) is 0. The lowest BCUT2D eigenvalue weighted by Crippen LogP contribution is -1.66. The number of rotatable bonds is 0. The van der Waals surface area contributed by atoms with Gasteiger partial charge >= 0.3 is 0 Å². The molecule has 0 bridgehead atoms. The van der Waals surface area contributed by atoms with Crippen molar-refractivity contribution in [2.75, 3.05) is 0 Å². The first-order chi connectivity index (χ1) is 3.79. The van der Waals surface area contributed by atoms with Gasteiger partial charge in [-0.3, -0.25) is 0 Å². The van der Waals surface area contributed by atoms with E-state index in [1.54, 1.807) is 24.3 Å². The highest BCUT2D eigenvalue weighted by atomic mass is 35.5. The molecule has 0 nitrogen and oxygen atoms in total. The van der Waals surface area contributed by atoms with Gasteiger partial charge in [0.05, 0.1) is 0 Å². The molecular formula is C7H4Cl. The number of halogens is 1. The SMILES string of the molecule is [C]c1cccc(Cl)c1. The van der Waals surface area contributed by atoms with E-state index in [1.165, 1.54) is 0 Å². The molecule has 0 spiro atoms. The quantitative estimate of drug-likeness (QED) is 0.497. The molecule has 0 amide bonds. The second-order valence-electron chi connectivity index (χ2n) is 1.51. The van der Waals surface area contributed by atoms with Crippen LogP contribution in [-0.4, -0.2) is 0 Å². The van der Waals surface area contributed by atoms with Crippen molar-refractivity contribution < 1.29 is 0 Å². The first kappa shape index (κ1) is 5.64. The molecule has 1 rings (SSSR count). The average Bonchev–Trinajstić information content (AvgIpc) is 1.64. The molecule has 0 aliphatic heterocycles. The zero-order valence-corrected chi connectivity index (χ0v) is 4.94. The van der Waals surface area contributed by atoms with Crippen molar-refractivity contribution in [1.29, 1.82) is 0 Å². The van der Waals surface area contributed by atoms with E-state index in [0.29, 0.717) is 10.6 Å². The molecule has 0 atom stereocenters. The van der Waals surface area contributed by atoms with E-state index in [0.717, 1.165) is 0 Å². The number of hydrogen-bond acceptors (Lipinski definition) is 0. The van der Waals surface area contributed by atoms with Crippen LogP contribution in [0.4, 0.5) is 0 Å². The number of hydrogen-bond donors (Lipinski definition) is 0. The Labute approximate surface area is 54.1 Å². The van der Waals surface area contributed by atoms with Gasteiger partial charge in [-0.25, -0.2) is 0 Å². The van der Waals surface area contributed by atoms with Crippen LogP contribution in [0.15, 0.2) is 24.3 Å². The smallest absolute Gasteiger partial charge is 0.0408 e. The van der Waals surface area contributed by atoms with Gasteiger partial charge in [0, 0.05) is 11.9 Å². The Morgan fingerprint density at radius 1 is 1.38 bits per heavy atom. The van der Waals surface area contributed by atoms with E-state index in [1.807, 2.05) is 0 Å². The highest BCUT2D eigenvalue weighted by Crippen LogP contribution is 2.08. The lowest BCUT2D eigenvalue weighted by Gasteiger charge is -1.88. The molecule has 0 N–H and O–H groups in total. The molecule has 0 aliphatic rings. The van der Waals surface area contributed by atoms with E-state index >= 15 is 0 Å². The molecule has 0 aliphatic carbocycles. The van der Waals surface area contributed by atoms with Crippen molar-refractivity contribution in [3.05, 3.63) is 41.8 Å². The lowest BCUT2D eigenvalue weighted by atomic mass is 10.2. The van der Waals surface area contributed by atoms with Gasteiger partial charge in [-0.05, 0) is 17.7 Å². The summed E-state index contributed by atoms with van der Waals surface area (Å²) in [6, 6.07) is 6.79. The Morgan fingerprint density at radius 2 is 2.12 bits per heavy atom. The van der Waals surface area contributed by atoms with E-state index in [2.05, 4.69) is 0 Å². The molecule has 0 saturated carbocycles. The average molecular weight is 124 g/mol. The van der Waals surface area contributed by atoms with Crippen molar-refractivity contribution in [2.45, 2.75) is 0 Å². The van der Waals surface area contributed by atoms with E-state index in [-0.39, 0.29) is 0 Å². The lowest BCUT2D eigenvalue weighted by molar-refractivity contribution is 1.61. The van der Waals surface area contributed by atoms with Crippen LogP contribution in [0.2, 0.25) is 5.02 Å². The first-order valence-electron chi connectivity index (χ1n) is 2.26. The molecular weight excluding hydrogens is 120 g/mol. The molecule has 0 saturated heterocycles. The minimum Gasteiger partial charge on any atom is -0.0843 e. The summed E-state index contributed by atoms with van der Waals surface area (Å²) in [5, 5.41) is 0.623. The monoisotopic (exact) mass is 123 g/mol. The summed E-state index contributed by atoms with van der Waals surface area (Å²) in [6.07, 6.45) is 0. The Balaban J connectivity index is 3.08. The molecule has 1 aromatic carbocycles. The summed E-state index contributed by atoms with van der Waals surface area (Å²) in [5.41, 5.74) is 0.456. The third-order valence-corrected chi connectivity index (χ3v) is 1.06. The van der Waals surface area contributed by atoms with Gasteiger partial charge in [0.25, 0.3) is 0 Å². The van der Waals surface area contributed by atoms with Crippen LogP contribution in [0, 0.1) is 6.92 Å². The molecule has 0 heterocycles. The van der Waals surface area contributed by atoms with Crippen LogP contribution in [0.1, 0.15) is 5.56 Å². The predicted octanol–water partition coefficient (Wildman–Crippen LogP) is 2.28. The zero-order chi connectivity index (χ0) is 5.98. The Kier molecular flexibility index (Phi) is 1.54. The van der Waals surface area contributed by atoms with Gasteiger partial charge in [0.2, 0.25) is 0 Å². The van der Waals surface area contributed by atoms with Crippen LogP contribution in [0.5, 0.6) is 0 Å². The third-order valence-electron chi connectivity index (χ3n) is 0.825. The van der Waals surface area contributed by atoms with Crippen LogP contribution in [0.3, 0.4) is 0 Å². The second kappa shape index (κ2) is 2.19. The van der Waals surface area contributed by atoms with E-state index < -0.39 is 0 Å². The summed E-state index contributed by atoms with van der Waals surface area (Å²) in [7, 11) is 0. The predicted molar refractivity (Wildman–Crippen MR) is 33.8 cm³/mol. The third kappa shape index (κ3) is 1.24. The molecule has 0 unspecified atom stereocenters. The maximum Gasteiger partial charge on any atom is 0.0408 e. The molecule has 8 heavy (non-hydrogen) atoms. The molecule has 0 aromatic heterocycles. The standard InChI is InChI=1S/C7H4Cl/c1-6-3-2-4-7(8)5-6/h2-5H. The molecule has 1 aromatic rings. The normalized spacial score (nSPS) is 9.25. The zero-order valence-electron chi connectivity index (χ0n) is 4.19. The summed E-state index contributed by atoms with van der Waals surface area (Å²) < 4.78 is 0. The van der Waals surface area contributed by atoms with Gasteiger partial charge in [-0.2, -0.15) is 0 Å². The fourth-order valence-electron chi connectivity index (χ4n) is 0.488. The van der Waals surface area contributed by atoms with Crippen molar-refractivity contribution in [3.8, 4) is 0 Å². The van der Waals surface area contributed by atoms with Gasteiger partial charge in [0.1, 0.15) is 0 Å². The van der Waals surface area contributed by atoms with E-state index in [4.69, 9.17) is 18.5 Å². The fraction of sp³-hybridized carbons (Fsp3) is 0. The summed E-state index contributed by atoms with van der Waals surface area (Å²) >= 11 is 5.52. The molecule has 39 valence electrons. The summed E-state index contributed by atoms with van der Waals surface area (Å²) in [6.45, 7) is 7.05. The fourth-order valence-corrected chi connectivity index (χ4v) is 0.679. The van der Waals surface area contributed by atoms with Crippen LogP contribution in [-0.2, 0) is 0 Å². The maximum atomic E-state index is 7.05. The van der Waals surface area contributed by atoms with Crippen molar-refractivity contribution in [1.82, 2.24) is 0 Å². The first-order valence-corrected chi connectivity index (χ1v) is 2.64. The minimum atomic E-state index is 0.456. The Morgan fingerprint density at radius 3 is 2.50 bits per heavy atom. The highest BCUT2D eigenvalue weighted by Gasteiger charge is 1.83. The topological polar surface area (TPSA) is 0 Å². The molecule has 3 radical (unpaired) electrons. The maximum absolute atomic E-state index is 7.05. The van der Waals surface area contributed by atoms with Crippen molar-refractivity contribution >= 4 is 11.6 Å². The van der Waals surface area contributed by atoms with Gasteiger partial charge in [0.15, 0.2) is 0 Å².